The van der Waals surface area contributed by atoms with Crippen LogP contribution in [0.5, 0.6) is 0 Å². The zero-order valence-corrected chi connectivity index (χ0v) is 14.6. The van der Waals surface area contributed by atoms with E-state index in [2.05, 4.69) is 51.8 Å². The molecule has 128 valence electrons. The zero-order chi connectivity index (χ0) is 16.5. The number of fused-ring (bicyclic) bond motifs is 1. The lowest BCUT2D eigenvalue weighted by Gasteiger charge is -2.37. The number of carbonyl (C=O) groups excluding carboxylic acids is 1. The molecule has 4 heteroatoms. The lowest BCUT2D eigenvalue weighted by molar-refractivity contribution is -0.130. The van der Waals surface area contributed by atoms with Crippen molar-refractivity contribution in [3.05, 3.63) is 36.0 Å². The molecule has 0 radical (unpaired) electrons. The van der Waals surface area contributed by atoms with Crippen LogP contribution in [0.1, 0.15) is 38.2 Å². The Morgan fingerprint density at radius 2 is 2.04 bits per heavy atom. The Balaban J connectivity index is 1.52. The van der Waals surface area contributed by atoms with Crippen LogP contribution in [0.15, 0.2) is 30.5 Å². The Labute approximate surface area is 144 Å². The molecule has 2 aromatic rings. The first-order valence-corrected chi connectivity index (χ1v) is 9.35. The van der Waals surface area contributed by atoms with Crippen LogP contribution in [0.2, 0.25) is 0 Å². The minimum absolute atomic E-state index is 0.365. The largest absolute Gasteiger partial charge is 0.347 e. The average Bonchev–Trinajstić information content (AvgIpc) is 3.19. The second-order valence-corrected chi connectivity index (χ2v) is 7.18. The van der Waals surface area contributed by atoms with Gasteiger partial charge in [0.15, 0.2) is 0 Å². The van der Waals surface area contributed by atoms with Crippen molar-refractivity contribution in [2.75, 3.05) is 19.6 Å². The van der Waals surface area contributed by atoms with E-state index in [0.29, 0.717) is 11.9 Å². The van der Waals surface area contributed by atoms with E-state index in [1.165, 1.54) is 29.3 Å². The molecule has 24 heavy (non-hydrogen) atoms. The molecule has 2 saturated heterocycles. The lowest BCUT2D eigenvalue weighted by atomic mass is 10.0. The number of carbonyl (C=O) groups is 1. The van der Waals surface area contributed by atoms with Crippen LogP contribution in [0.3, 0.4) is 0 Å². The van der Waals surface area contributed by atoms with Gasteiger partial charge in [0.2, 0.25) is 5.91 Å². The molecule has 0 bridgehead atoms. The van der Waals surface area contributed by atoms with Crippen molar-refractivity contribution in [2.45, 2.75) is 51.7 Å². The first-order chi connectivity index (χ1) is 11.8. The van der Waals surface area contributed by atoms with Gasteiger partial charge in [-0.25, -0.2) is 0 Å². The summed E-state index contributed by atoms with van der Waals surface area (Å²) in [6, 6.07) is 9.13. The van der Waals surface area contributed by atoms with Crippen LogP contribution in [0.25, 0.3) is 10.9 Å². The number of likely N-dealkylation sites (tertiary alicyclic amines) is 2. The van der Waals surface area contributed by atoms with Crippen molar-refractivity contribution in [3.8, 4) is 0 Å². The first kappa shape index (κ1) is 15.7. The highest BCUT2D eigenvalue weighted by Crippen LogP contribution is 2.26. The van der Waals surface area contributed by atoms with Crippen LogP contribution in [-0.2, 0) is 17.9 Å². The van der Waals surface area contributed by atoms with Gasteiger partial charge in [0.1, 0.15) is 0 Å². The van der Waals surface area contributed by atoms with Gasteiger partial charge in [-0.05, 0) is 44.4 Å². The Hall–Kier alpha value is -1.81. The normalized spacial score (nSPS) is 22.6. The first-order valence-electron chi connectivity index (χ1n) is 9.35. The molecule has 0 aliphatic carbocycles. The molecule has 0 saturated carbocycles. The molecule has 1 aromatic carbocycles. The predicted molar refractivity (Wildman–Crippen MR) is 96.9 cm³/mol. The highest BCUT2D eigenvalue weighted by molar-refractivity contribution is 5.84. The molecule has 1 amide bonds. The Bertz CT molecular complexity index is 736. The highest BCUT2D eigenvalue weighted by Gasteiger charge is 2.31. The van der Waals surface area contributed by atoms with Crippen LogP contribution >= 0.6 is 0 Å². The van der Waals surface area contributed by atoms with E-state index in [1.807, 2.05) is 0 Å². The third-order valence-electron chi connectivity index (χ3n) is 5.64. The molecule has 4 nitrogen and oxygen atoms in total. The van der Waals surface area contributed by atoms with Gasteiger partial charge in [-0.15, -0.1) is 0 Å². The third kappa shape index (κ3) is 2.84. The second-order valence-electron chi connectivity index (χ2n) is 7.18. The number of aryl methyl sites for hydroxylation is 1. The molecule has 2 aliphatic rings. The summed E-state index contributed by atoms with van der Waals surface area (Å²) >= 11 is 0. The van der Waals surface area contributed by atoms with Gasteiger partial charge in [-0.3, -0.25) is 9.69 Å². The van der Waals surface area contributed by atoms with Crippen LogP contribution in [-0.4, -0.2) is 46.0 Å². The topological polar surface area (TPSA) is 28.5 Å². The third-order valence-corrected chi connectivity index (χ3v) is 5.64. The summed E-state index contributed by atoms with van der Waals surface area (Å²) in [6.45, 7) is 7.33. The van der Waals surface area contributed by atoms with Gasteiger partial charge in [-0.2, -0.15) is 0 Å². The Morgan fingerprint density at radius 3 is 2.83 bits per heavy atom. The SMILES string of the molecule is CCn1cc(CN2CCC[C@H](N3CCCC3=O)C2)c2ccccc21. The summed E-state index contributed by atoms with van der Waals surface area (Å²) in [5, 5.41) is 1.37. The van der Waals surface area contributed by atoms with Crippen molar-refractivity contribution in [3.63, 3.8) is 0 Å². The number of para-hydroxylation sites is 1. The van der Waals surface area contributed by atoms with Crippen molar-refractivity contribution >= 4 is 16.8 Å². The average molecular weight is 325 g/mol. The van der Waals surface area contributed by atoms with E-state index in [0.717, 1.165) is 45.6 Å². The van der Waals surface area contributed by atoms with Crippen molar-refractivity contribution in [1.29, 1.82) is 0 Å². The van der Waals surface area contributed by atoms with E-state index in [4.69, 9.17) is 0 Å². The summed E-state index contributed by atoms with van der Waals surface area (Å²) < 4.78 is 2.34. The van der Waals surface area contributed by atoms with Crippen molar-refractivity contribution in [1.82, 2.24) is 14.4 Å². The molecule has 3 heterocycles. The predicted octanol–water partition coefficient (Wildman–Crippen LogP) is 3.25. The Kier molecular flexibility index (Phi) is 4.31. The maximum absolute atomic E-state index is 12.1. The number of rotatable bonds is 4. The van der Waals surface area contributed by atoms with Crippen molar-refractivity contribution in [2.24, 2.45) is 0 Å². The summed E-state index contributed by atoms with van der Waals surface area (Å²) in [5.74, 6) is 0.365. The molecular formula is C20H27N3O. The minimum atomic E-state index is 0.365. The van der Waals surface area contributed by atoms with E-state index in [9.17, 15) is 4.79 Å². The molecule has 0 N–H and O–H groups in total. The quantitative estimate of drug-likeness (QED) is 0.863. The summed E-state index contributed by atoms with van der Waals surface area (Å²) in [5.41, 5.74) is 2.75. The lowest BCUT2D eigenvalue weighted by Crippen LogP contribution is -2.48. The fourth-order valence-electron chi connectivity index (χ4n) is 4.44. The number of hydrogen-bond donors (Lipinski definition) is 0. The standard InChI is InChI=1S/C20H27N3O/c1-2-22-14-16(18-8-3-4-9-19(18)22)13-21-11-5-7-17(15-21)23-12-6-10-20(23)24/h3-4,8-9,14,17H,2,5-7,10-13,15H2,1H3/t17-/m0/s1. The molecule has 0 unspecified atom stereocenters. The van der Waals surface area contributed by atoms with Gasteiger partial charge in [0, 0.05) is 55.7 Å². The maximum atomic E-state index is 12.1. The molecular weight excluding hydrogens is 298 g/mol. The maximum Gasteiger partial charge on any atom is 0.222 e. The van der Waals surface area contributed by atoms with E-state index in [-0.39, 0.29) is 0 Å². The number of benzene rings is 1. The second kappa shape index (κ2) is 6.60. The Morgan fingerprint density at radius 1 is 1.17 bits per heavy atom. The van der Waals surface area contributed by atoms with Gasteiger partial charge in [0.05, 0.1) is 0 Å². The van der Waals surface area contributed by atoms with Crippen LogP contribution in [0, 0.1) is 0 Å². The summed E-state index contributed by atoms with van der Waals surface area (Å²) in [6.07, 6.45) is 6.47. The van der Waals surface area contributed by atoms with Crippen molar-refractivity contribution < 1.29 is 4.79 Å². The van der Waals surface area contributed by atoms with Crippen LogP contribution in [0.4, 0.5) is 0 Å². The number of nitrogens with zero attached hydrogens (tertiary/aromatic N) is 3. The van der Waals surface area contributed by atoms with Gasteiger partial charge >= 0.3 is 0 Å². The minimum Gasteiger partial charge on any atom is -0.347 e. The highest BCUT2D eigenvalue weighted by atomic mass is 16.2. The van der Waals surface area contributed by atoms with E-state index >= 15 is 0 Å². The molecule has 2 aliphatic heterocycles. The fourth-order valence-corrected chi connectivity index (χ4v) is 4.44. The smallest absolute Gasteiger partial charge is 0.222 e. The monoisotopic (exact) mass is 325 g/mol. The van der Waals surface area contributed by atoms with Crippen LogP contribution < -0.4 is 0 Å². The van der Waals surface area contributed by atoms with E-state index < -0.39 is 0 Å². The molecule has 0 spiro atoms. The molecule has 1 atom stereocenters. The van der Waals surface area contributed by atoms with Gasteiger partial charge < -0.3 is 9.47 Å². The molecule has 1 aromatic heterocycles. The number of hydrogen-bond acceptors (Lipinski definition) is 2. The number of aromatic nitrogens is 1. The number of amides is 1. The van der Waals surface area contributed by atoms with E-state index in [1.54, 1.807) is 0 Å². The molecule has 2 fully saturated rings. The summed E-state index contributed by atoms with van der Waals surface area (Å²) in [4.78, 5) is 16.7. The fraction of sp³-hybridized carbons (Fsp3) is 0.550. The zero-order valence-electron chi connectivity index (χ0n) is 14.6. The number of piperidine rings is 1. The van der Waals surface area contributed by atoms with Gasteiger partial charge in [-0.1, -0.05) is 18.2 Å². The summed E-state index contributed by atoms with van der Waals surface area (Å²) in [7, 11) is 0. The van der Waals surface area contributed by atoms with Gasteiger partial charge in [0.25, 0.3) is 0 Å². The molecule has 4 rings (SSSR count).